The molecule has 2 saturated carbocycles. The van der Waals surface area contributed by atoms with Gasteiger partial charge in [-0.25, -0.2) is 8.42 Å². The zero-order valence-electron chi connectivity index (χ0n) is 14.2. The average molecular weight is 379 g/mol. The van der Waals surface area contributed by atoms with Gasteiger partial charge in [0.2, 0.25) is 5.91 Å². The summed E-state index contributed by atoms with van der Waals surface area (Å²) in [6.07, 6.45) is 5.64. The zero-order chi connectivity index (χ0) is 18.1. The molecule has 2 atom stereocenters. The molecule has 1 N–H and O–H groups in total. The predicted molar refractivity (Wildman–Crippen MR) is 96.8 cm³/mol. The highest BCUT2D eigenvalue weighted by molar-refractivity contribution is 7.98. The fourth-order valence-electron chi connectivity index (χ4n) is 3.90. The summed E-state index contributed by atoms with van der Waals surface area (Å²) in [4.78, 5) is 13.7. The number of nitrogens with one attached hydrogen (secondary N) is 1. The Labute approximate surface area is 153 Å². The van der Waals surface area contributed by atoms with Crippen molar-refractivity contribution in [1.29, 1.82) is 5.26 Å². The summed E-state index contributed by atoms with van der Waals surface area (Å²) >= 11 is 1.57. The second kappa shape index (κ2) is 7.00. The molecule has 2 fully saturated rings. The van der Waals surface area contributed by atoms with Crippen LogP contribution in [0.2, 0.25) is 0 Å². The van der Waals surface area contributed by atoms with Crippen LogP contribution in [0.5, 0.6) is 0 Å². The molecule has 2 aliphatic carbocycles. The summed E-state index contributed by atoms with van der Waals surface area (Å²) in [5.41, 5.74) is 0.164. The monoisotopic (exact) mass is 378 g/mol. The number of sulfone groups is 1. The van der Waals surface area contributed by atoms with Crippen LogP contribution in [0.1, 0.15) is 25.7 Å². The Kier molecular flexibility index (Phi) is 5.12. The summed E-state index contributed by atoms with van der Waals surface area (Å²) in [5.74, 6) is -0.663. The van der Waals surface area contributed by atoms with Crippen molar-refractivity contribution in [3.05, 3.63) is 24.3 Å². The molecule has 0 unspecified atom stereocenters. The summed E-state index contributed by atoms with van der Waals surface area (Å²) in [7, 11) is -3.43. The van der Waals surface area contributed by atoms with Gasteiger partial charge in [-0.1, -0.05) is 0 Å². The highest BCUT2D eigenvalue weighted by atomic mass is 32.2. The van der Waals surface area contributed by atoms with Gasteiger partial charge in [0.05, 0.1) is 16.7 Å². The van der Waals surface area contributed by atoms with Gasteiger partial charge in [-0.05, 0) is 67.5 Å². The van der Waals surface area contributed by atoms with Crippen LogP contribution in [0, 0.1) is 28.6 Å². The lowest BCUT2D eigenvalue weighted by molar-refractivity contribution is -0.125. The normalized spacial score (nSPS) is 24.0. The van der Waals surface area contributed by atoms with Gasteiger partial charge < -0.3 is 5.32 Å². The standard InChI is InChI=1S/C18H22N2O3S2/c1-24-14-2-4-15(5-3-14)25(22,23)12-13-10-18(6-7-18)11-16(13)17(21)20-9-8-19/h2-5,13,16H,6-7,9-12H2,1H3,(H,20,21)/t13-,16+/m1/s1. The molecule has 0 saturated heterocycles. The number of hydrogen-bond acceptors (Lipinski definition) is 5. The van der Waals surface area contributed by atoms with E-state index in [9.17, 15) is 13.2 Å². The molecule has 134 valence electrons. The van der Waals surface area contributed by atoms with Gasteiger partial charge in [0.25, 0.3) is 0 Å². The fourth-order valence-corrected chi connectivity index (χ4v) is 5.97. The molecule has 25 heavy (non-hydrogen) atoms. The number of nitrogens with zero attached hydrogens (tertiary/aromatic N) is 1. The average Bonchev–Trinajstić information content (AvgIpc) is 3.26. The van der Waals surface area contributed by atoms with Crippen molar-refractivity contribution in [3.63, 3.8) is 0 Å². The van der Waals surface area contributed by atoms with Crippen molar-refractivity contribution in [3.8, 4) is 6.07 Å². The quantitative estimate of drug-likeness (QED) is 0.607. The Balaban J connectivity index is 1.76. The van der Waals surface area contributed by atoms with E-state index in [2.05, 4.69) is 5.32 Å². The first-order valence-electron chi connectivity index (χ1n) is 8.41. The number of amides is 1. The highest BCUT2D eigenvalue weighted by Crippen LogP contribution is 2.61. The number of hydrogen-bond donors (Lipinski definition) is 1. The van der Waals surface area contributed by atoms with Crippen LogP contribution in [-0.4, -0.2) is 32.9 Å². The maximum Gasteiger partial charge on any atom is 0.224 e. The Bertz CT molecular complexity index is 793. The minimum Gasteiger partial charge on any atom is -0.343 e. The van der Waals surface area contributed by atoms with Crippen LogP contribution < -0.4 is 5.32 Å². The van der Waals surface area contributed by atoms with Crippen molar-refractivity contribution in [2.45, 2.75) is 35.5 Å². The smallest absolute Gasteiger partial charge is 0.224 e. The van der Waals surface area contributed by atoms with Crippen LogP contribution in [0.25, 0.3) is 0 Å². The van der Waals surface area contributed by atoms with Crippen molar-refractivity contribution in [2.75, 3.05) is 18.6 Å². The van der Waals surface area contributed by atoms with Gasteiger partial charge in [0.15, 0.2) is 9.84 Å². The second-order valence-electron chi connectivity index (χ2n) is 7.11. The molecular formula is C18H22N2O3S2. The van der Waals surface area contributed by atoms with Crippen LogP contribution in [-0.2, 0) is 14.6 Å². The Hall–Kier alpha value is -1.52. The minimum absolute atomic E-state index is 0.00198. The highest BCUT2D eigenvalue weighted by Gasteiger charge is 2.55. The molecule has 0 heterocycles. The van der Waals surface area contributed by atoms with E-state index in [0.29, 0.717) is 4.90 Å². The lowest BCUT2D eigenvalue weighted by Crippen LogP contribution is -2.35. The second-order valence-corrected chi connectivity index (χ2v) is 10.0. The van der Waals surface area contributed by atoms with Crippen LogP contribution in [0.3, 0.4) is 0 Å². The van der Waals surface area contributed by atoms with Gasteiger partial charge in [-0.3, -0.25) is 4.79 Å². The number of nitriles is 1. The molecule has 1 spiro atoms. The zero-order valence-corrected chi connectivity index (χ0v) is 15.8. The molecule has 2 aliphatic rings. The van der Waals surface area contributed by atoms with E-state index in [1.165, 1.54) is 0 Å². The van der Waals surface area contributed by atoms with Gasteiger partial charge in [0, 0.05) is 10.8 Å². The minimum atomic E-state index is -3.43. The van der Waals surface area contributed by atoms with E-state index in [1.54, 1.807) is 23.9 Å². The van der Waals surface area contributed by atoms with Crippen LogP contribution in [0.4, 0.5) is 0 Å². The van der Waals surface area contributed by atoms with Crippen molar-refractivity contribution >= 4 is 27.5 Å². The topological polar surface area (TPSA) is 87.0 Å². The largest absolute Gasteiger partial charge is 0.343 e. The maximum absolute atomic E-state index is 12.8. The molecular weight excluding hydrogens is 356 g/mol. The third-order valence-corrected chi connectivity index (χ3v) is 8.01. The molecule has 7 heteroatoms. The molecule has 0 aromatic heterocycles. The summed E-state index contributed by atoms with van der Waals surface area (Å²) < 4.78 is 25.6. The van der Waals surface area contributed by atoms with Crippen molar-refractivity contribution < 1.29 is 13.2 Å². The van der Waals surface area contributed by atoms with Gasteiger partial charge in [-0.2, -0.15) is 5.26 Å². The molecule has 1 amide bonds. The SMILES string of the molecule is CSc1ccc(S(=O)(=O)C[C@H]2CC3(CC3)C[C@@H]2C(=O)NCC#N)cc1. The lowest BCUT2D eigenvalue weighted by Gasteiger charge is -2.18. The fraction of sp³-hybridized carbons (Fsp3) is 0.556. The number of benzene rings is 1. The van der Waals surface area contributed by atoms with Gasteiger partial charge in [-0.15, -0.1) is 11.8 Å². The molecule has 0 radical (unpaired) electrons. The molecule has 1 aromatic rings. The third kappa shape index (κ3) is 4.01. The first-order chi connectivity index (χ1) is 11.9. The lowest BCUT2D eigenvalue weighted by atomic mass is 9.97. The Morgan fingerprint density at radius 2 is 2.00 bits per heavy atom. The number of carbonyl (C=O) groups is 1. The summed E-state index contributed by atoms with van der Waals surface area (Å²) in [6.45, 7) is -0.0298. The van der Waals surface area contributed by atoms with Gasteiger partial charge in [0.1, 0.15) is 6.54 Å². The van der Waals surface area contributed by atoms with Crippen LogP contribution >= 0.6 is 11.8 Å². The van der Waals surface area contributed by atoms with E-state index in [-0.39, 0.29) is 35.5 Å². The number of thioether (sulfide) groups is 1. The number of carbonyl (C=O) groups excluding carboxylic acids is 1. The Morgan fingerprint density at radius 3 is 2.56 bits per heavy atom. The van der Waals surface area contributed by atoms with E-state index in [4.69, 9.17) is 5.26 Å². The summed E-state index contributed by atoms with van der Waals surface area (Å²) in [6, 6.07) is 8.82. The van der Waals surface area contributed by atoms with E-state index < -0.39 is 9.84 Å². The van der Waals surface area contributed by atoms with Gasteiger partial charge >= 0.3 is 0 Å². The van der Waals surface area contributed by atoms with Crippen LogP contribution in [0.15, 0.2) is 34.1 Å². The Morgan fingerprint density at radius 1 is 1.32 bits per heavy atom. The summed E-state index contributed by atoms with van der Waals surface area (Å²) in [5, 5.41) is 11.3. The molecule has 3 rings (SSSR count). The molecule has 1 aromatic carbocycles. The third-order valence-electron chi connectivity index (χ3n) is 5.40. The maximum atomic E-state index is 12.8. The predicted octanol–water partition coefficient (Wildman–Crippen LogP) is 2.63. The first-order valence-corrected chi connectivity index (χ1v) is 11.3. The first kappa shape index (κ1) is 18.3. The van der Waals surface area contributed by atoms with E-state index in [0.717, 1.165) is 30.6 Å². The van der Waals surface area contributed by atoms with Crippen molar-refractivity contribution in [2.24, 2.45) is 17.3 Å². The van der Waals surface area contributed by atoms with Crippen molar-refractivity contribution in [1.82, 2.24) is 5.32 Å². The molecule has 5 nitrogen and oxygen atoms in total. The molecule has 0 bridgehead atoms. The number of rotatable bonds is 6. The van der Waals surface area contributed by atoms with E-state index in [1.807, 2.05) is 24.5 Å². The van der Waals surface area contributed by atoms with E-state index >= 15 is 0 Å². The molecule has 0 aliphatic heterocycles.